The van der Waals surface area contributed by atoms with Gasteiger partial charge in [0.05, 0.1) is 21.7 Å². The second-order valence-corrected chi connectivity index (χ2v) is 9.32. The van der Waals surface area contributed by atoms with Crippen LogP contribution in [-0.4, -0.2) is 38.9 Å². The van der Waals surface area contributed by atoms with E-state index >= 15 is 0 Å². The number of fused-ring (bicyclic) bond motifs is 1. The van der Waals surface area contributed by atoms with Gasteiger partial charge < -0.3 is 9.30 Å². The molecule has 1 heterocycles. The summed E-state index contributed by atoms with van der Waals surface area (Å²) in [6.07, 6.45) is 1.16. The Bertz CT molecular complexity index is 1180. The minimum Gasteiger partial charge on any atom is -0.383 e. The fourth-order valence-corrected chi connectivity index (χ4v) is 4.55. The van der Waals surface area contributed by atoms with Crippen LogP contribution in [0.4, 0.5) is 0 Å². The number of carbonyl (C=O) groups is 1. The van der Waals surface area contributed by atoms with Gasteiger partial charge in [-0.05, 0) is 36.4 Å². The van der Waals surface area contributed by atoms with Gasteiger partial charge in [-0.3, -0.25) is 4.79 Å². The number of thiazole rings is 1. The van der Waals surface area contributed by atoms with E-state index in [0.717, 1.165) is 16.5 Å². The zero-order valence-electron chi connectivity index (χ0n) is 14.7. The predicted octanol–water partition coefficient (Wildman–Crippen LogP) is 3.15. The molecule has 2 aromatic carbocycles. The number of methoxy groups -OCH3 is 1. The third kappa shape index (κ3) is 4.47. The van der Waals surface area contributed by atoms with Crippen LogP contribution in [0.1, 0.15) is 10.4 Å². The fraction of sp³-hybridized carbons (Fsp3) is 0.222. The molecule has 0 fully saturated rings. The van der Waals surface area contributed by atoms with Crippen LogP contribution in [0, 0.1) is 0 Å². The van der Waals surface area contributed by atoms with Crippen LogP contribution in [-0.2, 0) is 21.1 Å². The van der Waals surface area contributed by atoms with E-state index in [1.807, 2.05) is 4.57 Å². The molecular weight excluding hydrogens is 408 g/mol. The van der Waals surface area contributed by atoms with Crippen molar-refractivity contribution in [1.29, 1.82) is 0 Å². The first-order valence-corrected chi connectivity index (χ1v) is 11.0. The molecule has 0 saturated heterocycles. The lowest BCUT2D eigenvalue weighted by atomic mass is 10.2. The average molecular weight is 425 g/mol. The van der Waals surface area contributed by atoms with E-state index < -0.39 is 15.7 Å². The van der Waals surface area contributed by atoms with Gasteiger partial charge in [-0.25, -0.2) is 8.42 Å². The first-order valence-electron chi connectivity index (χ1n) is 7.96. The molecule has 6 nitrogen and oxygen atoms in total. The average Bonchev–Trinajstić information content (AvgIpc) is 2.95. The van der Waals surface area contributed by atoms with Gasteiger partial charge in [0.1, 0.15) is 0 Å². The molecule has 9 heteroatoms. The monoisotopic (exact) mass is 424 g/mol. The standard InChI is InChI=1S/C18H17ClN2O4S2/c1-25-9-8-21-15-7-6-14(27(2,23)24)11-16(15)26-18(21)20-17(22)12-4-3-5-13(19)10-12/h3-7,10-11H,8-9H2,1-2H3. The summed E-state index contributed by atoms with van der Waals surface area (Å²) in [5.74, 6) is -0.418. The zero-order valence-corrected chi connectivity index (χ0v) is 17.1. The molecule has 1 aromatic heterocycles. The summed E-state index contributed by atoms with van der Waals surface area (Å²) in [5.41, 5.74) is 1.18. The minimum atomic E-state index is -3.33. The molecule has 142 valence electrons. The van der Waals surface area contributed by atoms with E-state index in [0.29, 0.717) is 28.5 Å². The number of aromatic nitrogens is 1. The van der Waals surface area contributed by atoms with Crippen molar-refractivity contribution in [3.63, 3.8) is 0 Å². The molecule has 0 aliphatic heterocycles. The van der Waals surface area contributed by atoms with E-state index in [1.165, 1.54) is 11.3 Å². The second-order valence-electron chi connectivity index (χ2n) is 5.86. The van der Waals surface area contributed by atoms with Gasteiger partial charge in [0.2, 0.25) is 0 Å². The number of carbonyl (C=O) groups excluding carboxylic acids is 1. The van der Waals surface area contributed by atoms with E-state index in [2.05, 4.69) is 4.99 Å². The molecular formula is C18H17ClN2O4S2. The van der Waals surface area contributed by atoms with Crippen LogP contribution in [0.5, 0.6) is 0 Å². The van der Waals surface area contributed by atoms with Gasteiger partial charge in [-0.1, -0.05) is 29.0 Å². The van der Waals surface area contributed by atoms with E-state index in [9.17, 15) is 13.2 Å². The second kappa shape index (κ2) is 7.93. The topological polar surface area (TPSA) is 77.7 Å². The van der Waals surface area contributed by atoms with Crippen molar-refractivity contribution in [2.75, 3.05) is 20.0 Å². The lowest BCUT2D eigenvalue weighted by Crippen LogP contribution is -2.19. The maximum absolute atomic E-state index is 12.5. The smallest absolute Gasteiger partial charge is 0.279 e. The quantitative estimate of drug-likeness (QED) is 0.630. The fourth-order valence-electron chi connectivity index (χ4n) is 2.54. The van der Waals surface area contributed by atoms with E-state index in [4.69, 9.17) is 16.3 Å². The molecule has 0 aliphatic rings. The number of hydrogen-bond donors (Lipinski definition) is 0. The van der Waals surface area contributed by atoms with E-state index in [1.54, 1.807) is 49.6 Å². The van der Waals surface area contributed by atoms with E-state index in [-0.39, 0.29) is 4.90 Å². The van der Waals surface area contributed by atoms with Crippen molar-refractivity contribution < 1.29 is 17.9 Å². The van der Waals surface area contributed by atoms with Crippen LogP contribution >= 0.6 is 22.9 Å². The van der Waals surface area contributed by atoms with Gasteiger partial charge in [-0.2, -0.15) is 4.99 Å². The van der Waals surface area contributed by atoms with Crippen molar-refractivity contribution in [2.45, 2.75) is 11.4 Å². The molecule has 0 N–H and O–H groups in total. The lowest BCUT2D eigenvalue weighted by molar-refractivity contribution is 0.0997. The number of amides is 1. The lowest BCUT2D eigenvalue weighted by Gasteiger charge is -2.05. The summed E-state index contributed by atoms with van der Waals surface area (Å²) < 4.78 is 31.4. The highest BCUT2D eigenvalue weighted by atomic mass is 35.5. The van der Waals surface area contributed by atoms with Crippen molar-refractivity contribution in [3.05, 3.63) is 57.9 Å². The molecule has 0 radical (unpaired) electrons. The van der Waals surface area contributed by atoms with Crippen molar-refractivity contribution in [1.82, 2.24) is 4.57 Å². The Hall–Kier alpha value is -2.00. The highest BCUT2D eigenvalue weighted by molar-refractivity contribution is 7.90. The number of halogens is 1. The third-order valence-electron chi connectivity index (χ3n) is 3.87. The Morgan fingerprint density at radius 2 is 2.04 bits per heavy atom. The first-order chi connectivity index (χ1) is 12.8. The Morgan fingerprint density at radius 3 is 2.70 bits per heavy atom. The highest BCUT2D eigenvalue weighted by Gasteiger charge is 2.13. The predicted molar refractivity (Wildman–Crippen MR) is 106 cm³/mol. The number of ether oxygens (including phenoxy) is 1. The van der Waals surface area contributed by atoms with Crippen LogP contribution in [0.25, 0.3) is 10.2 Å². The molecule has 0 aliphatic carbocycles. The van der Waals surface area contributed by atoms with Gasteiger partial charge >= 0.3 is 0 Å². The zero-order chi connectivity index (χ0) is 19.6. The van der Waals surface area contributed by atoms with Crippen molar-refractivity contribution >= 4 is 48.9 Å². The Labute approximate surface area is 165 Å². The van der Waals surface area contributed by atoms with Gasteiger partial charge in [0.15, 0.2) is 14.6 Å². The SMILES string of the molecule is COCCn1c(=NC(=O)c2cccc(Cl)c2)sc2cc(S(C)(=O)=O)ccc21. The van der Waals surface area contributed by atoms with Crippen LogP contribution in [0.3, 0.4) is 0 Å². The molecule has 27 heavy (non-hydrogen) atoms. The Balaban J connectivity index is 2.16. The molecule has 0 spiro atoms. The molecule has 0 atom stereocenters. The van der Waals surface area contributed by atoms with Gasteiger partial charge in [0, 0.05) is 30.5 Å². The number of nitrogens with zero attached hydrogens (tertiary/aromatic N) is 2. The number of sulfone groups is 1. The summed E-state index contributed by atoms with van der Waals surface area (Å²) in [6.45, 7) is 0.911. The van der Waals surface area contributed by atoms with Crippen LogP contribution in [0.2, 0.25) is 5.02 Å². The number of rotatable bonds is 5. The summed E-state index contributed by atoms with van der Waals surface area (Å²) in [6, 6.07) is 11.4. The minimum absolute atomic E-state index is 0.225. The van der Waals surface area contributed by atoms with Crippen molar-refractivity contribution in [3.8, 4) is 0 Å². The number of benzene rings is 2. The summed E-state index contributed by atoms with van der Waals surface area (Å²) >= 11 is 7.20. The Kier molecular flexibility index (Phi) is 5.81. The van der Waals surface area contributed by atoms with Crippen LogP contribution in [0.15, 0.2) is 52.4 Å². The molecule has 0 saturated carbocycles. The van der Waals surface area contributed by atoms with Gasteiger partial charge in [0.25, 0.3) is 5.91 Å². The molecule has 0 bridgehead atoms. The summed E-state index contributed by atoms with van der Waals surface area (Å²) in [5, 5.41) is 0.456. The number of hydrogen-bond acceptors (Lipinski definition) is 5. The molecule has 3 rings (SSSR count). The van der Waals surface area contributed by atoms with Crippen molar-refractivity contribution in [2.24, 2.45) is 4.99 Å². The summed E-state index contributed by atoms with van der Waals surface area (Å²) in [4.78, 5) is 17.5. The van der Waals surface area contributed by atoms with Crippen LogP contribution < -0.4 is 4.80 Å². The van der Waals surface area contributed by atoms with Gasteiger partial charge in [-0.15, -0.1) is 0 Å². The maximum atomic E-state index is 12.5. The Morgan fingerprint density at radius 1 is 1.26 bits per heavy atom. The maximum Gasteiger partial charge on any atom is 0.279 e. The molecule has 3 aromatic rings. The molecule has 0 unspecified atom stereocenters. The highest BCUT2D eigenvalue weighted by Crippen LogP contribution is 2.22. The normalized spacial score (nSPS) is 12.6. The first kappa shape index (κ1) is 19.8. The third-order valence-corrected chi connectivity index (χ3v) is 6.26. The largest absolute Gasteiger partial charge is 0.383 e. The molecule has 1 amide bonds. The summed E-state index contributed by atoms with van der Waals surface area (Å²) in [7, 11) is -1.74.